The molecule has 1 rings (SSSR count). The Bertz CT molecular complexity index is 462. The van der Waals surface area contributed by atoms with Crippen molar-refractivity contribution in [2.75, 3.05) is 26.4 Å². The lowest BCUT2D eigenvalue weighted by Crippen LogP contribution is -2.11. The first kappa shape index (κ1) is 12.9. The number of ether oxygens (including phenoxy) is 1. The number of nitrogens with one attached hydrogen (secondary N) is 1. The van der Waals surface area contributed by atoms with E-state index < -0.39 is 5.97 Å². The van der Waals surface area contributed by atoms with E-state index in [-0.39, 0.29) is 11.5 Å². The molecule has 17 heavy (non-hydrogen) atoms. The third kappa shape index (κ3) is 3.74. The molecule has 6 nitrogen and oxygen atoms in total. The van der Waals surface area contributed by atoms with Crippen LogP contribution in [0.1, 0.15) is 22.6 Å². The van der Waals surface area contributed by atoms with Crippen molar-refractivity contribution in [3.8, 4) is 11.8 Å². The van der Waals surface area contributed by atoms with E-state index in [2.05, 4.69) is 31.9 Å². The lowest BCUT2D eigenvalue weighted by Gasteiger charge is -2.01. The first-order valence-corrected chi connectivity index (χ1v) is 5.03. The van der Waals surface area contributed by atoms with Gasteiger partial charge in [0.15, 0.2) is 11.5 Å². The number of hydrogen-bond acceptors (Lipinski definition) is 6. The van der Waals surface area contributed by atoms with Crippen LogP contribution in [0.3, 0.4) is 0 Å². The monoisotopic (exact) mass is 234 g/mol. The third-order valence-electron chi connectivity index (χ3n) is 1.90. The molecule has 1 heterocycles. The number of nitrogens with zero attached hydrogens (tertiary/aromatic N) is 2. The average Bonchev–Trinajstić information content (AvgIpc) is 2.35. The Kier molecular flexibility index (Phi) is 4.91. The molecule has 0 unspecified atom stereocenters. The Morgan fingerprint density at radius 2 is 2.41 bits per heavy atom. The van der Waals surface area contributed by atoms with Crippen LogP contribution in [-0.2, 0) is 4.74 Å². The van der Waals surface area contributed by atoms with Gasteiger partial charge in [0.2, 0.25) is 0 Å². The van der Waals surface area contributed by atoms with Gasteiger partial charge < -0.3 is 15.8 Å². The highest BCUT2D eigenvalue weighted by Crippen LogP contribution is 2.06. The summed E-state index contributed by atoms with van der Waals surface area (Å²) in [4.78, 5) is 19.1. The molecule has 0 saturated carbocycles. The highest BCUT2D eigenvalue weighted by molar-refractivity contribution is 5.91. The van der Waals surface area contributed by atoms with Crippen LogP contribution in [0.5, 0.6) is 0 Å². The van der Waals surface area contributed by atoms with Crippen LogP contribution in [0.4, 0.5) is 5.82 Å². The normalized spacial score (nSPS) is 9.29. The number of methoxy groups -OCH3 is 1. The molecule has 6 heteroatoms. The van der Waals surface area contributed by atoms with Gasteiger partial charge in [0.05, 0.1) is 13.3 Å². The smallest absolute Gasteiger partial charge is 0.360 e. The maximum atomic E-state index is 11.3. The summed E-state index contributed by atoms with van der Waals surface area (Å²) in [7, 11) is 3.11. The van der Waals surface area contributed by atoms with E-state index in [0.717, 1.165) is 6.54 Å². The van der Waals surface area contributed by atoms with Crippen LogP contribution in [0, 0.1) is 11.8 Å². The molecule has 0 aliphatic carbocycles. The second kappa shape index (κ2) is 6.45. The van der Waals surface area contributed by atoms with Crippen molar-refractivity contribution in [2.45, 2.75) is 6.42 Å². The van der Waals surface area contributed by atoms with Gasteiger partial charge in [-0.25, -0.2) is 14.8 Å². The molecule has 1 aromatic heterocycles. The summed E-state index contributed by atoms with van der Waals surface area (Å²) >= 11 is 0. The minimum Gasteiger partial charge on any atom is -0.464 e. The largest absolute Gasteiger partial charge is 0.464 e. The van der Waals surface area contributed by atoms with Crippen molar-refractivity contribution in [1.29, 1.82) is 0 Å². The quantitative estimate of drug-likeness (QED) is 0.428. The van der Waals surface area contributed by atoms with E-state index in [4.69, 9.17) is 5.73 Å². The molecule has 90 valence electrons. The first-order chi connectivity index (χ1) is 8.19. The zero-order chi connectivity index (χ0) is 12.7. The third-order valence-corrected chi connectivity index (χ3v) is 1.90. The number of anilines is 1. The molecule has 0 atom stereocenters. The predicted molar refractivity (Wildman–Crippen MR) is 63.2 cm³/mol. The number of aromatic nitrogens is 2. The summed E-state index contributed by atoms with van der Waals surface area (Å²) in [5.41, 5.74) is 5.90. The van der Waals surface area contributed by atoms with Gasteiger partial charge in [0, 0.05) is 13.0 Å². The lowest BCUT2D eigenvalue weighted by atomic mass is 10.3. The van der Waals surface area contributed by atoms with E-state index in [1.807, 2.05) is 7.05 Å². The van der Waals surface area contributed by atoms with E-state index in [1.165, 1.54) is 13.3 Å². The van der Waals surface area contributed by atoms with Crippen molar-refractivity contribution in [3.63, 3.8) is 0 Å². The predicted octanol–water partition coefficient (Wildman–Crippen LogP) is -0.194. The standard InChI is InChI=1S/C11H14N4O2/c1-13-6-4-3-5-8-7-14-10(12)9(15-8)11(16)17-2/h7,13H,4,6H2,1-2H3,(H2,12,14). The molecule has 0 aromatic carbocycles. The van der Waals surface area contributed by atoms with Gasteiger partial charge >= 0.3 is 5.97 Å². The Hall–Kier alpha value is -2.13. The van der Waals surface area contributed by atoms with Gasteiger partial charge in [-0.05, 0) is 13.0 Å². The minimum atomic E-state index is -0.617. The van der Waals surface area contributed by atoms with E-state index >= 15 is 0 Å². The second-order valence-corrected chi connectivity index (χ2v) is 3.14. The molecule has 0 amide bonds. The molecular formula is C11H14N4O2. The Labute approximate surface area is 99.6 Å². The summed E-state index contributed by atoms with van der Waals surface area (Å²) < 4.78 is 4.54. The van der Waals surface area contributed by atoms with Gasteiger partial charge in [-0.15, -0.1) is 0 Å². The first-order valence-electron chi connectivity index (χ1n) is 5.03. The number of nitrogens with two attached hydrogens (primary N) is 1. The van der Waals surface area contributed by atoms with Gasteiger partial charge in [-0.1, -0.05) is 5.92 Å². The molecule has 3 N–H and O–H groups in total. The summed E-state index contributed by atoms with van der Waals surface area (Å²) in [6, 6.07) is 0. The molecule has 0 spiro atoms. The lowest BCUT2D eigenvalue weighted by molar-refractivity contribution is 0.0595. The maximum absolute atomic E-state index is 11.3. The summed E-state index contributed by atoms with van der Waals surface area (Å²) in [6.45, 7) is 0.791. The molecule has 0 aliphatic rings. The van der Waals surface area contributed by atoms with E-state index in [0.29, 0.717) is 12.1 Å². The molecular weight excluding hydrogens is 220 g/mol. The maximum Gasteiger partial charge on any atom is 0.360 e. The minimum absolute atomic E-state index is 0.00656. The molecule has 0 radical (unpaired) electrons. The number of hydrogen-bond donors (Lipinski definition) is 2. The van der Waals surface area contributed by atoms with Crippen molar-refractivity contribution in [1.82, 2.24) is 15.3 Å². The van der Waals surface area contributed by atoms with Crippen molar-refractivity contribution in [2.24, 2.45) is 0 Å². The SMILES string of the molecule is CNCCC#Cc1cnc(N)c(C(=O)OC)n1. The van der Waals surface area contributed by atoms with Crippen LogP contribution in [-0.4, -0.2) is 36.6 Å². The van der Waals surface area contributed by atoms with Crippen molar-refractivity contribution >= 4 is 11.8 Å². The van der Waals surface area contributed by atoms with E-state index in [9.17, 15) is 4.79 Å². The fraction of sp³-hybridized carbons (Fsp3) is 0.364. The Morgan fingerprint density at radius 3 is 3.06 bits per heavy atom. The van der Waals surface area contributed by atoms with Crippen molar-refractivity contribution in [3.05, 3.63) is 17.6 Å². The van der Waals surface area contributed by atoms with Crippen LogP contribution in [0.2, 0.25) is 0 Å². The van der Waals surface area contributed by atoms with Crippen molar-refractivity contribution < 1.29 is 9.53 Å². The fourth-order valence-electron chi connectivity index (χ4n) is 1.05. The van der Waals surface area contributed by atoms with Gasteiger partial charge in [0.1, 0.15) is 5.69 Å². The number of nitrogen functional groups attached to an aromatic ring is 1. The number of carbonyl (C=O) groups is 1. The number of esters is 1. The zero-order valence-corrected chi connectivity index (χ0v) is 9.78. The highest BCUT2D eigenvalue weighted by Gasteiger charge is 2.13. The van der Waals surface area contributed by atoms with Crippen LogP contribution >= 0.6 is 0 Å². The summed E-state index contributed by atoms with van der Waals surface area (Å²) in [5, 5.41) is 2.97. The average molecular weight is 234 g/mol. The van der Waals surface area contributed by atoms with Gasteiger partial charge in [0.25, 0.3) is 0 Å². The van der Waals surface area contributed by atoms with E-state index in [1.54, 1.807) is 0 Å². The Balaban J connectivity index is 2.87. The van der Waals surface area contributed by atoms with Gasteiger partial charge in [-0.2, -0.15) is 0 Å². The molecule has 0 saturated heterocycles. The van der Waals surface area contributed by atoms with Crippen LogP contribution in [0.25, 0.3) is 0 Å². The van der Waals surface area contributed by atoms with Crippen LogP contribution in [0.15, 0.2) is 6.20 Å². The summed E-state index contributed by atoms with van der Waals surface area (Å²) in [5.74, 6) is 5.12. The topological polar surface area (TPSA) is 90.1 Å². The molecule has 1 aromatic rings. The Morgan fingerprint density at radius 1 is 1.65 bits per heavy atom. The van der Waals surface area contributed by atoms with Gasteiger partial charge in [-0.3, -0.25) is 0 Å². The highest BCUT2D eigenvalue weighted by atomic mass is 16.5. The zero-order valence-electron chi connectivity index (χ0n) is 9.78. The summed E-state index contributed by atoms with van der Waals surface area (Å²) in [6.07, 6.45) is 2.12. The number of rotatable bonds is 3. The molecule has 0 fully saturated rings. The fourth-order valence-corrected chi connectivity index (χ4v) is 1.05. The second-order valence-electron chi connectivity index (χ2n) is 3.14. The number of carbonyl (C=O) groups excluding carboxylic acids is 1. The molecule has 0 bridgehead atoms. The molecule has 0 aliphatic heterocycles. The van der Waals surface area contributed by atoms with Crippen LogP contribution < -0.4 is 11.1 Å².